The number of methoxy groups -OCH3 is 1. The Morgan fingerprint density at radius 3 is 2.78 bits per heavy atom. The van der Waals surface area contributed by atoms with E-state index in [1.54, 1.807) is 31.5 Å². The van der Waals surface area contributed by atoms with Gasteiger partial charge in [-0.05, 0) is 18.2 Å². The van der Waals surface area contributed by atoms with Crippen molar-refractivity contribution in [3.63, 3.8) is 0 Å². The molecule has 0 aliphatic heterocycles. The predicted molar refractivity (Wildman–Crippen MR) is 89.8 cm³/mol. The minimum atomic E-state index is -0.0768. The summed E-state index contributed by atoms with van der Waals surface area (Å²) in [4.78, 5) is 17.2. The second-order valence-electron chi connectivity index (χ2n) is 5.22. The first-order chi connectivity index (χ1) is 11.3. The lowest BCUT2D eigenvalue weighted by molar-refractivity contribution is 0.414. The third kappa shape index (κ3) is 2.16. The molecule has 4 rings (SSSR count). The molecule has 0 aliphatic carbocycles. The molecule has 0 radical (unpaired) electrons. The van der Waals surface area contributed by atoms with Gasteiger partial charge in [0.25, 0.3) is 0 Å². The summed E-state index contributed by atoms with van der Waals surface area (Å²) in [5.41, 5.74) is 2.50. The van der Waals surface area contributed by atoms with Gasteiger partial charge in [0, 0.05) is 23.2 Å². The normalized spacial score (nSPS) is 11.0. The van der Waals surface area contributed by atoms with Crippen molar-refractivity contribution >= 4 is 21.9 Å². The molecule has 0 bridgehead atoms. The topological polar surface area (TPSA) is 52.3 Å². The molecular weight excluding hydrogens is 290 g/mol. The molecule has 0 saturated heterocycles. The van der Waals surface area contributed by atoms with Crippen LogP contribution in [0, 0.1) is 0 Å². The van der Waals surface area contributed by atoms with Crippen LogP contribution < -0.4 is 10.2 Å². The number of ether oxygens (including phenoxy) is 1. The van der Waals surface area contributed by atoms with E-state index in [9.17, 15) is 4.79 Å². The van der Waals surface area contributed by atoms with E-state index in [1.807, 2.05) is 30.3 Å². The zero-order chi connectivity index (χ0) is 15.8. The number of hydrogen-bond acceptors (Lipinski definition) is 4. The summed E-state index contributed by atoms with van der Waals surface area (Å²) >= 11 is 0. The molecule has 112 valence electrons. The van der Waals surface area contributed by atoms with Gasteiger partial charge < -0.3 is 9.15 Å². The molecule has 4 nitrogen and oxygen atoms in total. The number of nitrogens with zero attached hydrogens (tertiary/aromatic N) is 1. The van der Waals surface area contributed by atoms with Crippen LogP contribution in [0.5, 0.6) is 5.75 Å². The highest BCUT2D eigenvalue weighted by Gasteiger charge is 2.12. The second-order valence-corrected chi connectivity index (χ2v) is 5.22. The molecule has 0 spiro atoms. The van der Waals surface area contributed by atoms with Crippen LogP contribution in [0.25, 0.3) is 33.0 Å². The molecule has 0 saturated carbocycles. The van der Waals surface area contributed by atoms with E-state index < -0.39 is 0 Å². The van der Waals surface area contributed by atoms with Gasteiger partial charge in [0.1, 0.15) is 17.6 Å². The molecule has 2 aromatic carbocycles. The number of fused-ring (bicyclic) bond motifs is 2. The Morgan fingerprint density at radius 1 is 1.04 bits per heavy atom. The fraction of sp³-hybridized carbons (Fsp3) is 0.0526. The van der Waals surface area contributed by atoms with E-state index in [0.29, 0.717) is 22.3 Å². The van der Waals surface area contributed by atoms with Crippen LogP contribution in [0.4, 0.5) is 0 Å². The molecule has 0 amide bonds. The highest BCUT2D eigenvalue weighted by molar-refractivity contribution is 5.95. The lowest BCUT2D eigenvalue weighted by atomic mass is 10.0. The van der Waals surface area contributed by atoms with Crippen LogP contribution in [-0.2, 0) is 0 Å². The summed E-state index contributed by atoms with van der Waals surface area (Å²) < 4.78 is 10.8. The number of hydrogen-bond donors (Lipinski definition) is 0. The fourth-order valence-electron chi connectivity index (χ4n) is 2.74. The minimum Gasteiger partial charge on any atom is -0.497 e. The van der Waals surface area contributed by atoms with Crippen LogP contribution in [0.2, 0.25) is 0 Å². The van der Waals surface area contributed by atoms with Crippen molar-refractivity contribution in [1.82, 2.24) is 4.98 Å². The van der Waals surface area contributed by atoms with Gasteiger partial charge in [-0.1, -0.05) is 24.3 Å². The third-order valence-electron chi connectivity index (χ3n) is 3.90. The zero-order valence-electron chi connectivity index (χ0n) is 12.4. The third-order valence-corrected chi connectivity index (χ3v) is 3.90. The first-order valence-electron chi connectivity index (χ1n) is 7.21. The van der Waals surface area contributed by atoms with Crippen molar-refractivity contribution < 1.29 is 9.15 Å². The van der Waals surface area contributed by atoms with Crippen molar-refractivity contribution in [3.8, 4) is 16.9 Å². The highest BCUT2D eigenvalue weighted by Crippen LogP contribution is 2.27. The van der Waals surface area contributed by atoms with Crippen LogP contribution in [0.1, 0.15) is 0 Å². The van der Waals surface area contributed by atoms with E-state index in [0.717, 1.165) is 16.5 Å². The first kappa shape index (κ1) is 13.5. The van der Waals surface area contributed by atoms with Gasteiger partial charge in [-0.15, -0.1) is 0 Å². The second kappa shape index (κ2) is 5.25. The van der Waals surface area contributed by atoms with E-state index in [1.165, 1.54) is 6.26 Å². The van der Waals surface area contributed by atoms with E-state index >= 15 is 0 Å². The summed E-state index contributed by atoms with van der Waals surface area (Å²) in [5.74, 6) is 0.653. The summed E-state index contributed by atoms with van der Waals surface area (Å²) in [5, 5.41) is 1.51. The molecule has 0 unspecified atom stereocenters. The zero-order valence-corrected chi connectivity index (χ0v) is 12.4. The standard InChI is InChI=1S/C19H13NO3/c1-22-13-7-8-15-17(10-13)23-11-16(19(15)21)14-6-2-4-12-5-3-9-20-18(12)14/h2-11H,1H3. The maximum absolute atomic E-state index is 12.8. The molecule has 0 N–H and O–H groups in total. The van der Waals surface area contributed by atoms with E-state index in [2.05, 4.69) is 4.98 Å². The predicted octanol–water partition coefficient (Wildman–Crippen LogP) is 4.02. The number of para-hydroxylation sites is 1. The summed E-state index contributed by atoms with van der Waals surface area (Å²) in [7, 11) is 1.58. The van der Waals surface area contributed by atoms with Crippen molar-refractivity contribution in [2.24, 2.45) is 0 Å². The Bertz CT molecular complexity index is 1080. The lowest BCUT2D eigenvalue weighted by Gasteiger charge is -2.07. The number of pyridine rings is 1. The Balaban J connectivity index is 2.02. The van der Waals surface area contributed by atoms with Crippen LogP contribution >= 0.6 is 0 Å². The molecule has 4 aromatic rings. The molecule has 2 aromatic heterocycles. The first-order valence-corrected chi connectivity index (χ1v) is 7.21. The van der Waals surface area contributed by atoms with Crippen LogP contribution in [-0.4, -0.2) is 12.1 Å². The van der Waals surface area contributed by atoms with Crippen molar-refractivity contribution in [2.45, 2.75) is 0 Å². The molecule has 4 heteroatoms. The molecule has 23 heavy (non-hydrogen) atoms. The molecule has 0 aliphatic rings. The maximum Gasteiger partial charge on any atom is 0.200 e. The summed E-state index contributed by atoms with van der Waals surface area (Å²) in [6.45, 7) is 0. The minimum absolute atomic E-state index is 0.0768. The Kier molecular flexibility index (Phi) is 3.08. The molecule has 0 fully saturated rings. The quantitative estimate of drug-likeness (QED) is 0.561. The van der Waals surface area contributed by atoms with Gasteiger partial charge in [-0.2, -0.15) is 0 Å². The molecular formula is C19H13NO3. The molecule has 2 heterocycles. The van der Waals surface area contributed by atoms with Crippen molar-refractivity contribution in [3.05, 3.63) is 71.2 Å². The monoisotopic (exact) mass is 303 g/mol. The Labute approximate surface area is 132 Å². The Hall–Kier alpha value is -3.14. The highest BCUT2D eigenvalue weighted by atomic mass is 16.5. The van der Waals surface area contributed by atoms with Crippen LogP contribution in [0.15, 0.2) is 70.2 Å². The van der Waals surface area contributed by atoms with Gasteiger partial charge in [-0.25, -0.2) is 0 Å². The van der Waals surface area contributed by atoms with E-state index in [4.69, 9.17) is 9.15 Å². The number of rotatable bonds is 2. The smallest absolute Gasteiger partial charge is 0.200 e. The fourth-order valence-corrected chi connectivity index (χ4v) is 2.74. The van der Waals surface area contributed by atoms with Gasteiger partial charge in [0.2, 0.25) is 5.43 Å². The molecule has 0 atom stereocenters. The van der Waals surface area contributed by atoms with Gasteiger partial charge >= 0.3 is 0 Å². The van der Waals surface area contributed by atoms with Crippen molar-refractivity contribution in [2.75, 3.05) is 7.11 Å². The lowest BCUT2D eigenvalue weighted by Crippen LogP contribution is -2.05. The van der Waals surface area contributed by atoms with Gasteiger partial charge in [-0.3, -0.25) is 9.78 Å². The van der Waals surface area contributed by atoms with Crippen LogP contribution in [0.3, 0.4) is 0 Å². The summed E-state index contributed by atoms with van der Waals surface area (Å²) in [6, 6.07) is 14.8. The average molecular weight is 303 g/mol. The van der Waals surface area contributed by atoms with E-state index in [-0.39, 0.29) is 5.43 Å². The average Bonchev–Trinajstić information content (AvgIpc) is 2.61. The van der Waals surface area contributed by atoms with Crippen molar-refractivity contribution in [1.29, 1.82) is 0 Å². The maximum atomic E-state index is 12.8. The Morgan fingerprint density at radius 2 is 1.91 bits per heavy atom. The SMILES string of the molecule is COc1ccc2c(=O)c(-c3cccc4cccnc34)coc2c1. The number of benzene rings is 2. The number of aromatic nitrogens is 1. The van der Waals surface area contributed by atoms with Gasteiger partial charge in [0.05, 0.1) is 23.6 Å². The summed E-state index contributed by atoms with van der Waals surface area (Å²) in [6.07, 6.45) is 3.22. The van der Waals surface area contributed by atoms with Gasteiger partial charge in [0.15, 0.2) is 0 Å². The largest absolute Gasteiger partial charge is 0.497 e.